The first kappa shape index (κ1) is 11.0. The predicted octanol–water partition coefficient (Wildman–Crippen LogP) is 1.30. The van der Waals surface area contributed by atoms with Crippen LogP contribution in [0.15, 0.2) is 29.2 Å². The van der Waals surface area contributed by atoms with Crippen molar-refractivity contribution in [3.63, 3.8) is 0 Å². The zero-order chi connectivity index (χ0) is 10.6. The van der Waals surface area contributed by atoms with E-state index >= 15 is 0 Å². The molecule has 1 rings (SSSR count). The van der Waals surface area contributed by atoms with Crippen LogP contribution in [-0.2, 0) is 15.0 Å². The Labute approximate surface area is 82.4 Å². The van der Waals surface area contributed by atoms with Gasteiger partial charge in [-0.3, -0.25) is 14.9 Å². The van der Waals surface area contributed by atoms with Crippen LogP contribution in [0.25, 0.3) is 0 Å². The molecule has 0 fully saturated rings. The Balaban J connectivity index is 3.04. The van der Waals surface area contributed by atoms with E-state index in [1.807, 2.05) is 0 Å². The van der Waals surface area contributed by atoms with Crippen LogP contribution in [-0.4, -0.2) is 19.6 Å². The van der Waals surface area contributed by atoms with Crippen LogP contribution in [0.3, 0.4) is 0 Å². The van der Waals surface area contributed by atoms with Crippen LogP contribution in [0.4, 0.5) is 5.69 Å². The van der Waals surface area contributed by atoms with E-state index in [0.29, 0.717) is 6.61 Å². The molecule has 2 N–H and O–H groups in total. The summed E-state index contributed by atoms with van der Waals surface area (Å²) < 4.78 is 30.6. The van der Waals surface area contributed by atoms with E-state index < -0.39 is 10.1 Å². The molecule has 0 unspecified atom stereocenters. The Morgan fingerprint density at radius 1 is 1.43 bits per heavy atom. The highest BCUT2D eigenvalue weighted by Gasteiger charge is 2.14. The van der Waals surface area contributed by atoms with E-state index in [9.17, 15) is 8.42 Å². The van der Waals surface area contributed by atoms with E-state index in [1.165, 1.54) is 18.2 Å². The maximum absolute atomic E-state index is 10.9. The van der Waals surface area contributed by atoms with Gasteiger partial charge in [0.1, 0.15) is 4.90 Å². The molecule has 0 bridgehead atoms. The molecule has 0 atom stereocenters. The van der Waals surface area contributed by atoms with Gasteiger partial charge in [0.2, 0.25) is 0 Å². The SMILES string of the molecule is CCONc1ccccc1S(=O)(=O)O. The van der Waals surface area contributed by atoms with Crippen molar-refractivity contribution in [2.24, 2.45) is 0 Å². The Bertz CT molecular complexity index is 402. The summed E-state index contributed by atoms with van der Waals surface area (Å²) in [5.41, 5.74) is 2.65. The highest BCUT2D eigenvalue weighted by atomic mass is 32.2. The maximum Gasteiger partial charge on any atom is 0.296 e. The zero-order valence-electron chi connectivity index (χ0n) is 7.60. The van der Waals surface area contributed by atoms with Gasteiger partial charge in [-0.15, -0.1) is 0 Å². The third-order valence-electron chi connectivity index (χ3n) is 1.49. The summed E-state index contributed by atoms with van der Waals surface area (Å²) in [6, 6.07) is 5.94. The molecule has 0 spiro atoms. The summed E-state index contributed by atoms with van der Waals surface area (Å²) in [5.74, 6) is 0. The Morgan fingerprint density at radius 3 is 2.64 bits per heavy atom. The van der Waals surface area contributed by atoms with Gasteiger partial charge in [-0.1, -0.05) is 12.1 Å². The zero-order valence-corrected chi connectivity index (χ0v) is 8.41. The van der Waals surface area contributed by atoms with Gasteiger partial charge >= 0.3 is 0 Å². The van der Waals surface area contributed by atoms with Crippen molar-refractivity contribution in [3.05, 3.63) is 24.3 Å². The number of nitrogens with one attached hydrogen (secondary N) is 1. The van der Waals surface area contributed by atoms with Gasteiger partial charge in [0, 0.05) is 0 Å². The number of para-hydroxylation sites is 1. The van der Waals surface area contributed by atoms with E-state index in [-0.39, 0.29) is 10.6 Å². The lowest BCUT2D eigenvalue weighted by Gasteiger charge is -2.08. The first-order valence-corrected chi connectivity index (χ1v) is 5.44. The van der Waals surface area contributed by atoms with Crippen LogP contribution in [0.5, 0.6) is 0 Å². The molecule has 1 aromatic rings. The number of hydrogen-bond acceptors (Lipinski definition) is 4. The maximum atomic E-state index is 10.9. The molecule has 0 radical (unpaired) electrons. The molecule has 0 aliphatic rings. The highest BCUT2D eigenvalue weighted by molar-refractivity contribution is 7.86. The minimum atomic E-state index is -4.21. The van der Waals surface area contributed by atoms with Crippen molar-refractivity contribution in [2.45, 2.75) is 11.8 Å². The highest BCUT2D eigenvalue weighted by Crippen LogP contribution is 2.19. The van der Waals surface area contributed by atoms with Crippen LogP contribution in [0, 0.1) is 0 Å². The fourth-order valence-electron chi connectivity index (χ4n) is 0.926. The molecule has 0 aliphatic heterocycles. The molecule has 78 valence electrons. The van der Waals surface area contributed by atoms with Gasteiger partial charge < -0.3 is 0 Å². The Kier molecular flexibility index (Phi) is 3.45. The van der Waals surface area contributed by atoms with Crippen molar-refractivity contribution >= 4 is 15.8 Å². The van der Waals surface area contributed by atoms with Crippen LogP contribution in [0.1, 0.15) is 6.92 Å². The number of hydrogen-bond donors (Lipinski definition) is 2. The number of anilines is 1. The van der Waals surface area contributed by atoms with Crippen LogP contribution in [0.2, 0.25) is 0 Å². The lowest BCUT2D eigenvalue weighted by Crippen LogP contribution is -2.06. The normalized spacial score (nSPS) is 11.3. The Hall–Kier alpha value is -1.11. The average Bonchev–Trinajstić information content (AvgIpc) is 2.14. The molecule has 0 aliphatic carbocycles. The largest absolute Gasteiger partial charge is 0.296 e. The Morgan fingerprint density at radius 2 is 2.07 bits per heavy atom. The van der Waals surface area contributed by atoms with Crippen molar-refractivity contribution in [1.82, 2.24) is 0 Å². The summed E-state index contributed by atoms with van der Waals surface area (Å²) in [5, 5.41) is 0. The van der Waals surface area contributed by atoms with Crippen molar-refractivity contribution in [2.75, 3.05) is 12.1 Å². The smallest absolute Gasteiger partial charge is 0.282 e. The molecule has 14 heavy (non-hydrogen) atoms. The van der Waals surface area contributed by atoms with Crippen LogP contribution < -0.4 is 5.48 Å². The van der Waals surface area contributed by atoms with Crippen molar-refractivity contribution in [3.8, 4) is 0 Å². The van der Waals surface area contributed by atoms with Gasteiger partial charge in [0.05, 0.1) is 12.3 Å². The average molecular weight is 217 g/mol. The first-order valence-electron chi connectivity index (χ1n) is 4.00. The van der Waals surface area contributed by atoms with Crippen molar-refractivity contribution < 1.29 is 17.8 Å². The van der Waals surface area contributed by atoms with E-state index in [4.69, 9.17) is 9.39 Å². The molecule has 1 aromatic carbocycles. The molecule has 0 saturated heterocycles. The molecular weight excluding hydrogens is 206 g/mol. The van der Waals surface area contributed by atoms with Crippen LogP contribution >= 0.6 is 0 Å². The topological polar surface area (TPSA) is 75.6 Å². The summed E-state index contributed by atoms with van der Waals surface area (Å²) in [6.07, 6.45) is 0. The van der Waals surface area contributed by atoms with Gasteiger partial charge in [-0.2, -0.15) is 8.42 Å². The second kappa shape index (κ2) is 4.41. The summed E-state index contributed by atoms with van der Waals surface area (Å²) >= 11 is 0. The van der Waals surface area contributed by atoms with Gasteiger partial charge in [0.25, 0.3) is 10.1 Å². The summed E-state index contributed by atoms with van der Waals surface area (Å²) in [7, 11) is -4.21. The lowest BCUT2D eigenvalue weighted by atomic mass is 10.3. The van der Waals surface area contributed by atoms with E-state index in [2.05, 4.69) is 5.48 Å². The molecule has 0 aromatic heterocycles. The van der Waals surface area contributed by atoms with E-state index in [0.717, 1.165) is 0 Å². The molecule has 6 heteroatoms. The second-order valence-electron chi connectivity index (χ2n) is 2.51. The van der Waals surface area contributed by atoms with Crippen molar-refractivity contribution in [1.29, 1.82) is 0 Å². The standard InChI is InChI=1S/C8H11NO4S/c1-2-13-9-7-5-3-4-6-8(7)14(10,11)12/h3-6,9H,2H2,1H3,(H,10,11,12). The summed E-state index contributed by atoms with van der Waals surface area (Å²) in [6.45, 7) is 2.14. The number of benzene rings is 1. The fraction of sp³-hybridized carbons (Fsp3) is 0.250. The molecule has 0 heterocycles. The minimum Gasteiger partial charge on any atom is -0.282 e. The predicted molar refractivity (Wildman–Crippen MR) is 51.5 cm³/mol. The third-order valence-corrected chi connectivity index (χ3v) is 2.40. The van der Waals surface area contributed by atoms with Gasteiger partial charge in [-0.25, -0.2) is 0 Å². The fourth-order valence-corrected chi connectivity index (χ4v) is 1.56. The quantitative estimate of drug-likeness (QED) is 0.587. The monoisotopic (exact) mass is 217 g/mol. The first-order chi connectivity index (χ1) is 6.55. The van der Waals surface area contributed by atoms with E-state index in [1.54, 1.807) is 13.0 Å². The number of rotatable bonds is 4. The molecule has 0 saturated carbocycles. The summed E-state index contributed by atoms with van der Waals surface area (Å²) in [4.78, 5) is 4.63. The molecule has 5 nitrogen and oxygen atoms in total. The van der Waals surface area contributed by atoms with Gasteiger partial charge in [0.15, 0.2) is 0 Å². The van der Waals surface area contributed by atoms with Gasteiger partial charge in [-0.05, 0) is 19.1 Å². The lowest BCUT2D eigenvalue weighted by molar-refractivity contribution is 0.209. The molecular formula is C8H11NO4S. The molecule has 0 amide bonds. The minimum absolute atomic E-state index is 0.201. The second-order valence-corrected chi connectivity index (χ2v) is 3.90. The third kappa shape index (κ3) is 2.69.